The molecule has 2 aromatic rings. The van der Waals surface area contributed by atoms with Crippen molar-refractivity contribution in [3.8, 4) is 5.75 Å². The van der Waals surface area contributed by atoms with Crippen LogP contribution < -0.4 is 5.32 Å². The number of aromatic hydroxyl groups is 1. The Morgan fingerprint density at radius 2 is 1.95 bits per heavy atom. The van der Waals surface area contributed by atoms with Crippen molar-refractivity contribution in [1.29, 1.82) is 0 Å². The van der Waals surface area contributed by atoms with Crippen molar-refractivity contribution in [1.82, 2.24) is 15.1 Å². The summed E-state index contributed by atoms with van der Waals surface area (Å²) < 4.78 is 1.87. The minimum absolute atomic E-state index is 0.222. The molecule has 4 nitrogen and oxygen atoms in total. The molecular weight excluding hydrogens is 262 g/mol. The Labute approximate surface area is 118 Å². The molecule has 0 atom stereocenters. The van der Waals surface area contributed by atoms with Gasteiger partial charge in [-0.2, -0.15) is 5.10 Å². The van der Waals surface area contributed by atoms with Gasteiger partial charge >= 0.3 is 0 Å². The summed E-state index contributed by atoms with van der Waals surface area (Å²) in [5, 5.41) is 18.0. The molecule has 2 rings (SSSR count). The third-order valence-corrected chi connectivity index (χ3v) is 3.71. The van der Waals surface area contributed by atoms with Crippen LogP contribution >= 0.6 is 11.6 Å². The van der Waals surface area contributed by atoms with Gasteiger partial charge in [-0.25, -0.2) is 0 Å². The molecule has 0 aliphatic rings. The van der Waals surface area contributed by atoms with E-state index in [0.717, 1.165) is 17.0 Å². The number of hydrogen-bond acceptors (Lipinski definition) is 3. The van der Waals surface area contributed by atoms with Crippen LogP contribution in [0.3, 0.4) is 0 Å². The van der Waals surface area contributed by atoms with Crippen LogP contribution in [-0.2, 0) is 20.1 Å². The summed E-state index contributed by atoms with van der Waals surface area (Å²) in [5.74, 6) is 0.222. The minimum atomic E-state index is 0.222. The third kappa shape index (κ3) is 2.91. The second-order valence-corrected chi connectivity index (χ2v) is 5.02. The normalized spacial score (nSPS) is 10.9. The lowest BCUT2D eigenvalue weighted by Gasteiger charge is -2.09. The molecule has 1 aromatic carbocycles. The van der Waals surface area contributed by atoms with E-state index in [2.05, 4.69) is 10.4 Å². The molecule has 2 N–H and O–H groups in total. The maximum Gasteiger partial charge on any atom is 0.121 e. The first kappa shape index (κ1) is 13.9. The number of rotatable bonds is 4. The molecule has 0 aliphatic heterocycles. The highest BCUT2D eigenvalue weighted by Crippen LogP contribution is 2.25. The van der Waals surface area contributed by atoms with E-state index >= 15 is 0 Å². The summed E-state index contributed by atoms with van der Waals surface area (Å²) in [6.45, 7) is 5.27. The van der Waals surface area contributed by atoms with Gasteiger partial charge in [0.1, 0.15) is 5.75 Å². The van der Waals surface area contributed by atoms with Gasteiger partial charge in [0, 0.05) is 42.0 Å². The highest BCUT2D eigenvalue weighted by atomic mass is 35.5. The minimum Gasteiger partial charge on any atom is -0.508 e. The fourth-order valence-corrected chi connectivity index (χ4v) is 2.34. The standard InChI is InChI=1S/C14H18ClN3O/c1-9-11(10(2)18(3)17-9)7-16-8-12-13(15)5-4-6-14(12)19/h4-6,16,19H,7-8H2,1-3H3. The van der Waals surface area contributed by atoms with Gasteiger partial charge < -0.3 is 10.4 Å². The Kier molecular flexibility index (Phi) is 4.12. The number of phenols is 1. The molecule has 102 valence electrons. The lowest BCUT2D eigenvalue weighted by molar-refractivity contribution is 0.464. The number of halogens is 1. The lowest BCUT2D eigenvalue weighted by atomic mass is 10.1. The molecule has 1 aromatic heterocycles. The first-order valence-electron chi connectivity index (χ1n) is 6.17. The molecule has 0 radical (unpaired) electrons. The van der Waals surface area contributed by atoms with E-state index in [9.17, 15) is 5.11 Å². The quantitative estimate of drug-likeness (QED) is 0.905. The van der Waals surface area contributed by atoms with Crippen molar-refractivity contribution < 1.29 is 5.11 Å². The van der Waals surface area contributed by atoms with Gasteiger partial charge in [0.25, 0.3) is 0 Å². The van der Waals surface area contributed by atoms with Crippen LogP contribution in [0.25, 0.3) is 0 Å². The van der Waals surface area contributed by atoms with Crippen LogP contribution in [0.2, 0.25) is 5.02 Å². The fourth-order valence-electron chi connectivity index (χ4n) is 2.11. The average Bonchev–Trinajstić information content (AvgIpc) is 2.59. The number of nitrogens with one attached hydrogen (secondary N) is 1. The number of nitrogens with zero attached hydrogens (tertiary/aromatic N) is 2. The van der Waals surface area contributed by atoms with Crippen molar-refractivity contribution in [2.45, 2.75) is 26.9 Å². The van der Waals surface area contributed by atoms with Crippen LogP contribution in [0.4, 0.5) is 0 Å². The Hall–Kier alpha value is -1.52. The van der Waals surface area contributed by atoms with E-state index in [1.165, 1.54) is 5.56 Å². The summed E-state index contributed by atoms with van der Waals surface area (Å²) in [5.41, 5.74) is 4.08. The number of phenolic OH excluding ortho intramolecular Hbond substituents is 1. The Balaban J connectivity index is 2.04. The molecule has 1 heterocycles. The zero-order valence-electron chi connectivity index (χ0n) is 11.4. The van der Waals surface area contributed by atoms with E-state index in [4.69, 9.17) is 11.6 Å². The molecule has 19 heavy (non-hydrogen) atoms. The average molecular weight is 280 g/mol. The molecule has 0 aliphatic carbocycles. The van der Waals surface area contributed by atoms with Crippen LogP contribution in [0.5, 0.6) is 5.75 Å². The first-order valence-corrected chi connectivity index (χ1v) is 6.54. The first-order chi connectivity index (χ1) is 9.00. The number of benzene rings is 1. The number of aromatic nitrogens is 2. The molecule has 0 amide bonds. The van der Waals surface area contributed by atoms with Crippen molar-refractivity contribution in [3.63, 3.8) is 0 Å². The van der Waals surface area contributed by atoms with Gasteiger partial charge in [0.15, 0.2) is 0 Å². The van der Waals surface area contributed by atoms with E-state index in [1.807, 2.05) is 25.6 Å². The summed E-state index contributed by atoms with van der Waals surface area (Å²) >= 11 is 6.06. The maximum absolute atomic E-state index is 9.76. The van der Waals surface area contributed by atoms with E-state index in [-0.39, 0.29) is 5.75 Å². The molecule has 0 unspecified atom stereocenters. The Bertz CT molecular complexity index is 572. The lowest BCUT2D eigenvalue weighted by Crippen LogP contribution is -2.14. The van der Waals surface area contributed by atoms with Crippen molar-refractivity contribution in [2.24, 2.45) is 7.05 Å². The summed E-state index contributed by atoms with van der Waals surface area (Å²) in [6, 6.07) is 5.15. The summed E-state index contributed by atoms with van der Waals surface area (Å²) in [4.78, 5) is 0. The van der Waals surface area contributed by atoms with Gasteiger partial charge in [-0.3, -0.25) is 4.68 Å². The van der Waals surface area contributed by atoms with Crippen LogP contribution in [0.15, 0.2) is 18.2 Å². The third-order valence-electron chi connectivity index (χ3n) is 3.36. The van der Waals surface area contributed by atoms with E-state index in [1.54, 1.807) is 18.2 Å². The Morgan fingerprint density at radius 3 is 2.53 bits per heavy atom. The molecule has 0 bridgehead atoms. The topological polar surface area (TPSA) is 50.1 Å². The molecule has 5 heteroatoms. The van der Waals surface area contributed by atoms with Crippen molar-refractivity contribution in [3.05, 3.63) is 45.7 Å². The maximum atomic E-state index is 9.76. The van der Waals surface area contributed by atoms with E-state index in [0.29, 0.717) is 18.1 Å². The monoisotopic (exact) mass is 279 g/mol. The zero-order chi connectivity index (χ0) is 14.0. The molecule has 0 fully saturated rings. The summed E-state index contributed by atoms with van der Waals surface area (Å²) in [6.07, 6.45) is 0. The van der Waals surface area contributed by atoms with Gasteiger partial charge in [-0.1, -0.05) is 17.7 Å². The Morgan fingerprint density at radius 1 is 1.26 bits per heavy atom. The van der Waals surface area contributed by atoms with Gasteiger partial charge in [0.2, 0.25) is 0 Å². The largest absolute Gasteiger partial charge is 0.508 e. The van der Waals surface area contributed by atoms with Gasteiger partial charge in [-0.15, -0.1) is 0 Å². The van der Waals surface area contributed by atoms with Crippen LogP contribution in [0.1, 0.15) is 22.5 Å². The highest BCUT2D eigenvalue weighted by molar-refractivity contribution is 6.31. The molecular formula is C14H18ClN3O. The van der Waals surface area contributed by atoms with Crippen LogP contribution in [-0.4, -0.2) is 14.9 Å². The predicted molar refractivity (Wildman–Crippen MR) is 76.3 cm³/mol. The van der Waals surface area contributed by atoms with Gasteiger partial charge in [-0.05, 0) is 26.0 Å². The SMILES string of the molecule is Cc1nn(C)c(C)c1CNCc1c(O)cccc1Cl. The molecule has 0 saturated carbocycles. The number of hydrogen-bond donors (Lipinski definition) is 2. The van der Waals surface area contributed by atoms with Crippen molar-refractivity contribution >= 4 is 11.6 Å². The molecule has 0 saturated heterocycles. The zero-order valence-corrected chi connectivity index (χ0v) is 12.1. The highest BCUT2D eigenvalue weighted by Gasteiger charge is 2.10. The second kappa shape index (κ2) is 5.63. The number of aryl methyl sites for hydroxylation is 2. The van der Waals surface area contributed by atoms with Gasteiger partial charge in [0.05, 0.1) is 5.69 Å². The molecule has 0 spiro atoms. The van der Waals surface area contributed by atoms with Crippen LogP contribution in [0, 0.1) is 13.8 Å². The second-order valence-electron chi connectivity index (χ2n) is 4.61. The predicted octanol–water partition coefficient (Wildman–Crippen LogP) is 2.69. The van der Waals surface area contributed by atoms with E-state index < -0.39 is 0 Å². The smallest absolute Gasteiger partial charge is 0.121 e. The summed E-state index contributed by atoms with van der Waals surface area (Å²) in [7, 11) is 1.94. The fraction of sp³-hybridized carbons (Fsp3) is 0.357. The van der Waals surface area contributed by atoms with Crippen molar-refractivity contribution in [2.75, 3.05) is 0 Å².